The van der Waals surface area contributed by atoms with Gasteiger partial charge in [0.1, 0.15) is 14.7 Å². The topological polar surface area (TPSA) is 347 Å². The second-order valence-corrected chi connectivity index (χ2v) is 21.1. The summed E-state index contributed by atoms with van der Waals surface area (Å²) in [6, 6.07) is 12.7. The molecule has 1 fully saturated rings. The molecule has 5 aromatic rings. The zero-order chi connectivity index (χ0) is 50.9. The van der Waals surface area contributed by atoms with Crippen LogP contribution >= 0.6 is 34.8 Å². The summed E-state index contributed by atoms with van der Waals surface area (Å²) in [4.78, 5) is 31.6. The van der Waals surface area contributed by atoms with Crippen molar-refractivity contribution in [3.05, 3.63) is 115 Å². The van der Waals surface area contributed by atoms with Gasteiger partial charge in [-0.2, -0.15) is 55.2 Å². The summed E-state index contributed by atoms with van der Waals surface area (Å²) in [6.45, 7) is 3.70. The van der Waals surface area contributed by atoms with Crippen LogP contribution in [0.2, 0.25) is 15.3 Å². The molecule has 2 aromatic heterocycles. The fourth-order valence-electron chi connectivity index (χ4n) is 7.83. The highest BCUT2D eigenvalue weighted by Crippen LogP contribution is 2.51. The molecule has 2 aliphatic carbocycles. The van der Waals surface area contributed by atoms with Crippen LogP contribution in [-0.4, -0.2) is 119 Å². The van der Waals surface area contributed by atoms with Crippen LogP contribution in [0.3, 0.4) is 0 Å². The van der Waals surface area contributed by atoms with Crippen molar-refractivity contribution in [1.82, 2.24) is 29.9 Å². The monoisotopic (exact) mass is 1100 g/mol. The van der Waals surface area contributed by atoms with E-state index in [2.05, 4.69) is 61.2 Å². The van der Waals surface area contributed by atoms with E-state index in [-0.39, 0.29) is 91.2 Å². The van der Waals surface area contributed by atoms with Crippen LogP contribution in [-0.2, 0) is 35.1 Å². The Labute approximate surface area is 422 Å². The Hall–Kier alpha value is -6.86. The lowest BCUT2D eigenvalue weighted by Crippen LogP contribution is -2.74. The maximum absolute atomic E-state index is 13.3. The van der Waals surface area contributed by atoms with Gasteiger partial charge in [0.15, 0.2) is 10.0 Å². The van der Waals surface area contributed by atoms with E-state index in [1.54, 1.807) is 0 Å². The van der Waals surface area contributed by atoms with Crippen LogP contribution in [0, 0.1) is 6.92 Å². The molecule has 10 rings (SSSR count). The number of nitrogens with zero attached hydrogens (tertiary/aromatic N) is 7. The molecule has 2 unspecified atom stereocenters. The molecule has 0 radical (unpaired) electrons. The number of hydrogen-bond acceptors (Lipinski definition) is 20. The minimum Gasteiger partial charge on any atom is -0.465 e. The molecule has 0 bridgehead atoms. The first-order valence-electron chi connectivity index (χ1n) is 20.8. The minimum absolute atomic E-state index is 0.00288. The van der Waals surface area contributed by atoms with Crippen molar-refractivity contribution in [1.29, 1.82) is 0 Å². The highest BCUT2D eigenvalue weighted by Gasteiger charge is 2.49. The lowest BCUT2D eigenvalue weighted by Gasteiger charge is -2.29. The number of nitrogens with one attached hydrogen (secondary N) is 6. The second-order valence-electron chi connectivity index (χ2n) is 15.8. The Bertz CT molecular complexity index is 3690. The van der Waals surface area contributed by atoms with Gasteiger partial charge in [-0.3, -0.25) is 13.7 Å². The van der Waals surface area contributed by atoms with Gasteiger partial charge in [-0.15, -0.1) is 0 Å². The number of morpholine rings is 1. The second kappa shape index (κ2) is 18.6. The number of ether oxygens (including phenoxy) is 3. The van der Waals surface area contributed by atoms with Gasteiger partial charge >= 0.3 is 0 Å². The summed E-state index contributed by atoms with van der Waals surface area (Å²) in [5, 5.41) is 10.4. The van der Waals surface area contributed by atoms with Gasteiger partial charge in [0.25, 0.3) is 41.7 Å². The molecule has 0 saturated carbocycles. The van der Waals surface area contributed by atoms with E-state index in [1.165, 1.54) is 42.5 Å². The van der Waals surface area contributed by atoms with E-state index in [4.69, 9.17) is 49.0 Å². The highest BCUT2D eigenvalue weighted by atomic mass is 35.5. The fourth-order valence-corrected chi connectivity index (χ4v) is 10.9. The number of fused-ring (bicyclic) bond motifs is 4. The molecule has 72 heavy (non-hydrogen) atoms. The third-order valence-corrected chi connectivity index (χ3v) is 14.8. The summed E-state index contributed by atoms with van der Waals surface area (Å²) < 4.78 is 126. The third kappa shape index (κ3) is 9.75. The number of anilines is 7. The molecule has 0 spiro atoms. The third-order valence-electron chi connectivity index (χ3n) is 11.0. The molecule has 3 aromatic carbocycles. The van der Waals surface area contributed by atoms with E-state index in [0.29, 0.717) is 32.0 Å². The molecular formula is C41H34Cl3N13O12S3+2. The normalized spacial score (nSPS) is 18.4. The van der Waals surface area contributed by atoms with Crippen molar-refractivity contribution < 1.29 is 63.1 Å². The number of aryl methyl sites for hydroxylation is 1. The zero-order valence-electron chi connectivity index (χ0n) is 36.4. The molecule has 25 nitrogen and oxygen atoms in total. The van der Waals surface area contributed by atoms with Gasteiger partial charge in [0.2, 0.25) is 70.2 Å². The molecule has 5 aliphatic rings. The number of rotatable bonds is 12. The number of allylic oxidation sites excluding steroid dienone is 2. The first-order chi connectivity index (χ1) is 34.2. The first-order valence-corrected chi connectivity index (χ1v) is 26.3. The smallest absolute Gasteiger partial charge is 0.297 e. The Morgan fingerprint density at radius 2 is 1.10 bits per heavy atom. The Balaban J connectivity index is 0.967. The van der Waals surface area contributed by atoms with Gasteiger partial charge < -0.3 is 40.4 Å². The molecule has 3 aliphatic heterocycles. The largest absolute Gasteiger partial charge is 0.465 e. The van der Waals surface area contributed by atoms with E-state index < -0.39 is 62.6 Å². The molecule has 5 heterocycles. The predicted molar refractivity (Wildman–Crippen MR) is 261 cm³/mol. The lowest BCUT2D eigenvalue weighted by atomic mass is 10.0. The average Bonchev–Trinajstić information content (AvgIpc) is 3.32. The van der Waals surface area contributed by atoms with E-state index in [0.717, 1.165) is 11.6 Å². The van der Waals surface area contributed by atoms with Crippen molar-refractivity contribution in [3.63, 3.8) is 0 Å². The SMILES string of the molecule is Cc1ccc(Nc2nc(NC3=C(S(=O)(=O)O)C4Oc5c(Cl)c6c(c(Cl)c5[NH+]=C4C=C3)OC3C(=[NH+]6)C=CC(Nc4nc(Cl)nc(Nc5ccccc5S(=O)(=O)O)n4)=C3S(=O)(=O)O)nc(N3CCOCC3)n2)cc1. The van der Waals surface area contributed by atoms with Crippen LogP contribution in [0.1, 0.15) is 5.56 Å². The van der Waals surface area contributed by atoms with Crippen LogP contribution in [0.15, 0.2) is 98.9 Å². The predicted octanol–water partition coefficient (Wildman–Crippen LogP) is 2.29. The van der Waals surface area contributed by atoms with Crippen LogP contribution < -0.4 is 45.6 Å². The number of halogens is 3. The van der Waals surface area contributed by atoms with Crippen molar-refractivity contribution in [2.24, 2.45) is 0 Å². The molecule has 2 atom stereocenters. The highest BCUT2D eigenvalue weighted by molar-refractivity contribution is 7.90. The van der Waals surface area contributed by atoms with E-state index in [1.807, 2.05) is 36.1 Å². The van der Waals surface area contributed by atoms with Crippen LogP contribution in [0.4, 0.5) is 52.5 Å². The van der Waals surface area contributed by atoms with Gasteiger partial charge in [-0.05, 0) is 54.9 Å². The Morgan fingerprint density at radius 3 is 1.61 bits per heavy atom. The Kier molecular flexibility index (Phi) is 12.6. The van der Waals surface area contributed by atoms with Gasteiger partial charge in [-0.1, -0.05) is 53.0 Å². The number of benzene rings is 3. The maximum atomic E-state index is 13.3. The molecule has 372 valence electrons. The standard InChI is InChI=1S/C41H32Cl3N13O12S3/c1-18-6-8-19(9-7-18)45-37-53-40(56-41(55-37)57-14-16-67-17-15-57)50-24-13-11-22-31(35(24)72(64,65)66)69-33-27(43)28-32(26(42)29(33)47-22)68-30-21(46-28)10-12-23(34(30)71(61,62)63)49-39-52-36(44)51-38(54-39)48-20-4-2-3-5-25(20)70(58,59)60/h2-13,30-31H,14-17H2,1H3,(H,58,59,60)(H,61,62,63)(H,64,65,66)(H2,45,50,53,55,56)(H2,48,49,51,52,54)/p+2. The number of hydrogen-bond donors (Lipinski definition) is 9. The summed E-state index contributed by atoms with van der Waals surface area (Å²) in [6.07, 6.45) is 2.14. The quantitative estimate of drug-likeness (QED) is 0.0809. The fraction of sp³-hybridized carbons (Fsp3) is 0.171. The maximum Gasteiger partial charge on any atom is 0.297 e. The Morgan fingerprint density at radius 1 is 0.611 bits per heavy atom. The average molecular weight is 1100 g/mol. The van der Waals surface area contributed by atoms with Gasteiger partial charge in [-0.25, -0.2) is 9.98 Å². The zero-order valence-corrected chi connectivity index (χ0v) is 41.1. The van der Waals surface area contributed by atoms with Crippen molar-refractivity contribution in [3.8, 4) is 11.5 Å². The minimum atomic E-state index is -5.17. The summed E-state index contributed by atoms with van der Waals surface area (Å²) >= 11 is 20.1. The molecule has 9 N–H and O–H groups in total. The molecule has 31 heteroatoms. The van der Waals surface area contributed by atoms with Crippen molar-refractivity contribution in [2.75, 3.05) is 52.5 Å². The van der Waals surface area contributed by atoms with Crippen LogP contribution in [0.5, 0.6) is 11.5 Å². The van der Waals surface area contributed by atoms with Gasteiger partial charge in [0.05, 0.1) is 30.3 Å². The first kappa shape index (κ1) is 48.8. The van der Waals surface area contributed by atoms with Gasteiger partial charge in [0, 0.05) is 30.9 Å². The number of para-hydroxylation sites is 1. The van der Waals surface area contributed by atoms with Crippen molar-refractivity contribution >= 4 is 129 Å². The van der Waals surface area contributed by atoms with E-state index >= 15 is 0 Å². The molecular weight excluding hydrogens is 1070 g/mol. The summed E-state index contributed by atoms with van der Waals surface area (Å²) in [5.74, 6) is -0.862. The van der Waals surface area contributed by atoms with Crippen LogP contribution in [0.25, 0.3) is 0 Å². The van der Waals surface area contributed by atoms with Crippen molar-refractivity contribution in [2.45, 2.75) is 24.0 Å². The number of aromatic nitrogens is 6. The molecule has 1 saturated heterocycles. The summed E-state index contributed by atoms with van der Waals surface area (Å²) in [7, 11) is -15.0. The lowest BCUT2D eigenvalue weighted by molar-refractivity contribution is -0.369. The van der Waals surface area contributed by atoms with E-state index in [9.17, 15) is 38.9 Å². The molecule has 0 amide bonds. The summed E-state index contributed by atoms with van der Waals surface area (Å²) in [5.41, 5.74) is 1.01.